The summed E-state index contributed by atoms with van der Waals surface area (Å²) in [5, 5.41) is 3.81. The van der Waals surface area contributed by atoms with Gasteiger partial charge in [0.25, 0.3) is 5.91 Å². The van der Waals surface area contributed by atoms with E-state index in [1.165, 1.54) is 17.0 Å². The zero-order chi connectivity index (χ0) is 19.5. The summed E-state index contributed by atoms with van der Waals surface area (Å²) in [6.07, 6.45) is 4.79. The van der Waals surface area contributed by atoms with Crippen molar-refractivity contribution in [3.63, 3.8) is 0 Å². The molecule has 1 aromatic carbocycles. The molecule has 28 heavy (non-hydrogen) atoms. The molecule has 0 saturated carbocycles. The highest BCUT2D eigenvalue weighted by molar-refractivity contribution is 7.12. The fraction of sp³-hybridized carbons (Fsp3) is 0.364. The van der Waals surface area contributed by atoms with E-state index in [0.717, 1.165) is 54.7 Å². The van der Waals surface area contributed by atoms with Crippen LogP contribution in [0, 0.1) is 0 Å². The first kappa shape index (κ1) is 19.2. The Kier molecular flexibility index (Phi) is 5.83. The summed E-state index contributed by atoms with van der Waals surface area (Å²) in [4.78, 5) is 22.8. The minimum atomic E-state index is 0.180. The van der Waals surface area contributed by atoms with E-state index in [0.29, 0.717) is 11.1 Å². The van der Waals surface area contributed by atoms with Crippen LogP contribution in [-0.2, 0) is 0 Å². The van der Waals surface area contributed by atoms with Crippen molar-refractivity contribution in [2.75, 3.05) is 24.5 Å². The van der Waals surface area contributed by atoms with Gasteiger partial charge in [0, 0.05) is 48.0 Å². The number of piperidine rings is 1. The number of carbonyl (C=O) groups excluding carboxylic acids is 1. The fourth-order valence-corrected chi connectivity index (χ4v) is 4.88. The number of halogens is 1. The first-order valence-corrected chi connectivity index (χ1v) is 11.1. The fourth-order valence-electron chi connectivity index (χ4n) is 4.03. The van der Waals surface area contributed by atoms with Crippen LogP contribution in [0.25, 0.3) is 10.9 Å². The highest BCUT2D eigenvalue weighted by Gasteiger charge is 2.29. The number of amides is 1. The lowest BCUT2D eigenvalue weighted by Gasteiger charge is -2.39. The molecule has 1 aliphatic rings. The third-order valence-corrected chi connectivity index (χ3v) is 6.48. The normalized spacial score (nSPS) is 15.1. The number of aromatic nitrogens is 1. The summed E-state index contributed by atoms with van der Waals surface area (Å²) < 4.78 is 0. The molecule has 146 valence electrons. The Balaban J connectivity index is 1.50. The summed E-state index contributed by atoms with van der Waals surface area (Å²) >= 11 is 7.65. The van der Waals surface area contributed by atoms with Crippen molar-refractivity contribution in [3.8, 4) is 0 Å². The number of hydrogen-bond donors (Lipinski definition) is 0. The standard InChI is InChI=1S/C22H24ClN3OS/c1-2-11-26(22(27)21-4-3-14-28-21)17-8-12-25(13-9-17)20-7-10-24-19-15-16(23)5-6-18(19)20/h3-7,10,14-15,17H,2,8-9,11-13H2,1H3. The molecule has 0 N–H and O–H groups in total. The Morgan fingerprint density at radius 3 is 2.82 bits per heavy atom. The number of pyridine rings is 1. The molecule has 6 heteroatoms. The second-order valence-corrected chi connectivity index (χ2v) is 8.57. The second kappa shape index (κ2) is 8.50. The average molecular weight is 414 g/mol. The average Bonchev–Trinajstić information content (AvgIpc) is 3.26. The summed E-state index contributed by atoms with van der Waals surface area (Å²) in [6.45, 7) is 4.82. The highest BCUT2D eigenvalue weighted by atomic mass is 35.5. The number of carbonyl (C=O) groups is 1. The maximum Gasteiger partial charge on any atom is 0.264 e. The number of anilines is 1. The van der Waals surface area contributed by atoms with Crippen molar-refractivity contribution in [2.45, 2.75) is 32.2 Å². The molecular formula is C22H24ClN3OS. The minimum Gasteiger partial charge on any atom is -0.371 e. The maximum atomic E-state index is 13.0. The smallest absolute Gasteiger partial charge is 0.264 e. The van der Waals surface area contributed by atoms with Gasteiger partial charge in [0.2, 0.25) is 0 Å². The molecule has 0 spiro atoms. The van der Waals surface area contributed by atoms with Gasteiger partial charge in [0.05, 0.1) is 10.4 Å². The van der Waals surface area contributed by atoms with Gasteiger partial charge in [0.1, 0.15) is 0 Å². The van der Waals surface area contributed by atoms with Crippen LogP contribution in [-0.4, -0.2) is 41.5 Å². The molecule has 3 aromatic rings. The predicted molar refractivity (Wildman–Crippen MR) is 118 cm³/mol. The number of thiophene rings is 1. The molecule has 4 rings (SSSR count). The van der Waals surface area contributed by atoms with Crippen molar-refractivity contribution >= 4 is 45.4 Å². The van der Waals surface area contributed by atoms with E-state index < -0.39 is 0 Å². The van der Waals surface area contributed by atoms with Crippen molar-refractivity contribution in [3.05, 3.63) is 57.9 Å². The minimum absolute atomic E-state index is 0.180. The quantitative estimate of drug-likeness (QED) is 0.556. The maximum absolute atomic E-state index is 13.0. The van der Waals surface area contributed by atoms with Crippen LogP contribution >= 0.6 is 22.9 Å². The van der Waals surface area contributed by atoms with Crippen LogP contribution < -0.4 is 4.90 Å². The zero-order valence-corrected chi connectivity index (χ0v) is 17.5. The summed E-state index contributed by atoms with van der Waals surface area (Å²) in [6, 6.07) is 12.1. The highest BCUT2D eigenvalue weighted by Crippen LogP contribution is 2.30. The number of fused-ring (bicyclic) bond motifs is 1. The van der Waals surface area contributed by atoms with Crippen molar-refractivity contribution < 1.29 is 4.79 Å². The summed E-state index contributed by atoms with van der Waals surface area (Å²) in [5.41, 5.74) is 2.12. The number of hydrogen-bond acceptors (Lipinski definition) is 4. The van der Waals surface area contributed by atoms with E-state index in [9.17, 15) is 4.79 Å². The van der Waals surface area contributed by atoms with Crippen LogP contribution in [0.3, 0.4) is 0 Å². The van der Waals surface area contributed by atoms with Crippen LogP contribution in [0.5, 0.6) is 0 Å². The van der Waals surface area contributed by atoms with E-state index in [-0.39, 0.29) is 5.91 Å². The van der Waals surface area contributed by atoms with Gasteiger partial charge in [-0.05, 0) is 55.0 Å². The third-order valence-electron chi connectivity index (χ3n) is 5.39. The molecule has 1 fully saturated rings. The van der Waals surface area contributed by atoms with Gasteiger partial charge in [-0.15, -0.1) is 11.3 Å². The Morgan fingerprint density at radius 2 is 2.11 bits per heavy atom. The number of rotatable bonds is 5. The van der Waals surface area contributed by atoms with Gasteiger partial charge >= 0.3 is 0 Å². The van der Waals surface area contributed by atoms with Gasteiger partial charge < -0.3 is 9.80 Å². The van der Waals surface area contributed by atoms with E-state index in [4.69, 9.17) is 11.6 Å². The number of benzene rings is 1. The SMILES string of the molecule is CCCN(C(=O)c1cccs1)C1CCN(c2ccnc3cc(Cl)ccc23)CC1. The van der Waals surface area contributed by atoms with E-state index in [2.05, 4.69) is 33.8 Å². The molecule has 1 saturated heterocycles. The third kappa shape index (κ3) is 3.87. The van der Waals surface area contributed by atoms with Gasteiger partial charge in [-0.3, -0.25) is 9.78 Å². The van der Waals surface area contributed by atoms with Gasteiger partial charge in [-0.1, -0.05) is 24.6 Å². The summed E-state index contributed by atoms with van der Waals surface area (Å²) in [5.74, 6) is 0.180. The van der Waals surface area contributed by atoms with Crippen LogP contribution in [0.15, 0.2) is 48.0 Å². The van der Waals surface area contributed by atoms with Crippen LogP contribution in [0.4, 0.5) is 5.69 Å². The van der Waals surface area contributed by atoms with Crippen molar-refractivity contribution in [2.24, 2.45) is 0 Å². The van der Waals surface area contributed by atoms with Gasteiger partial charge in [-0.2, -0.15) is 0 Å². The lowest BCUT2D eigenvalue weighted by molar-refractivity contribution is 0.0655. The Hall–Kier alpha value is -2.11. The van der Waals surface area contributed by atoms with E-state index in [1.807, 2.05) is 35.8 Å². The van der Waals surface area contributed by atoms with Crippen LogP contribution in [0.2, 0.25) is 5.02 Å². The molecule has 1 aliphatic heterocycles. The lowest BCUT2D eigenvalue weighted by Crippen LogP contribution is -2.47. The zero-order valence-electron chi connectivity index (χ0n) is 16.0. The summed E-state index contributed by atoms with van der Waals surface area (Å²) in [7, 11) is 0. The Labute approximate surface area is 174 Å². The molecule has 0 atom stereocenters. The molecule has 0 bridgehead atoms. The van der Waals surface area contributed by atoms with Crippen LogP contribution in [0.1, 0.15) is 35.9 Å². The monoisotopic (exact) mass is 413 g/mol. The van der Waals surface area contributed by atoms with E-state index >= 15 is 0 Å². The molecule has 0 unspecified atom stereocenters. The topological polar surface area (TPSA) is 36.4 Å². The van der Waals surface area contributed by atoms with Gasteiger partial charge in [-0.25, -0.2) is 0 Å². The molecule has 2 aromatic heterocycles. The molecule has 3 heterocycles. The first-order chi connectivity index (χ1) is 13.7. The number of nitrogens with zero attached hydrogens (tertiary/aromatic N) is 3. The molecule has 0 radical (unpaired) electrons. The molecule has 4 nitrogen and oxygen atoms in total. The lowest BCUT2D eigenvalue weighted by atomic mass is 10.0. The Bertz CT molecular complexity index is 952. The first-order valence-electron chi connectivity index (χ1n) is 9.81. The predicted octanol–water partition coefficient (Wildman–Crippen LogP) is 5.47. The largest absolute Gasteiger partial charge is 0.371 e. The molecular weight excluding hydrogens is 390 g/mol. The molecule has 0 aliphatic carbocycles. The van der Waals surface area contributed by atoms with Gasteiger partial charge in [0.15, 0.2) is 0 Å². The van der Waals surface area contributed by atoms with Crippen molar-refractivity contribution in [1.29, 1.82) is 0 Å². The van der Waals surface area contributed by atoms with Crippen molar-refractivity contribution in [1.82, 2.24) is 9.88 Å². The van der Waals surface area contributed by atoms with E-state index in [1.54, 1.807) is 0 Å². The second-order valence-electron chi connectivity index (χ2n) is 7.19. The Morgan fingerprint density at radius 1 is 1.29 bits per heavy atom. The molecule has 1 amide bonds.